The Bertz CT molecular complexity index is 644. The first kappa shape index (κ1) is 13.2. The molecule has 0 heterocycles. The SMILES string of the molecule is Cc1c(Nc2cccc([N+](=O)[O-])c2)ccc(S)c1N. The largest absolute Gasteiger partial charge is 0.398 e. The van der Waals surface area contributed by atoms with Gasteiger partial charge < -0.3 is 11.1 Å². The van der Waals surface area contributed by atoms with Gasteiger partial charge in [-0.3, -0.25) is 10.1 Å². The first-order valence-electron chi connectivity index (χ1n) is 5.58. The molecule has 0 aliphatic carbocycles. The number of anilines is 3. The second kappa shape index (κ2) is 5.19. The van der Waals surface area contributed by atoms with Gasteiger partial charge in [0.1, 0.15) is 0 Å². The van der Waals surface area contributed by atoms with Crippen LogP contribution in [0, 0.1) is 17.0 Å². The molecule has 2 aromatic carbocycles. The molecule has 2 rings (SSSR count). The van der Waals surface area contributed by atoms with E-state index in [-0.39, 0.29) is 5.69 Å². The lowest BCUT2D eigenvalue weighted by Crippen LogP contribution is -1.98. The lowest BCUT2D eigenvalue weighted by Gasteiger charge is -2.12. The summed E-state index contributed by atoms with van der Waals surface area (Å²) in [4.78, 5) is 11.0. The number of nitrogens with one attached hydrogen (secondary N) is 1. The van der Waals surface area contributed by atoms with E-state index in [4.69, 9.17) is 5.73 Å². The predicted octanol–water partition coefficient (Wildman–Crippen LogP) is 3.52. The fourth-order valence-electron chi connectivity index (χ4n) is 1.70. The van der Waals surface area contributed by atoms with Crippen LogP contribution in [0.5, 0.6) is 0 Å². The highest BCUT2D eigenvalue weighted by Crippen LogP contribution is 2.30. The van der Waals surface area contributed by atoms with E-state index in [1.807, 2.05) is 13.0 Å². The molecule has 0 aromatic heterocycles. The van der Waals surface area contributed by atoms with Crippen LogP contribution in [0.25, 0.3) is 0 Å². The summed E-state index contributed by atoms with van der Waals surface area (Å²) in [6, 6.07) is 9.94. The topological polar surface area (TPSA) is 81.2 Å². The Morgan fingerprint density at radius 2 is 2.05 bits per heavy atom. The number of benzene rings is 2. The van der Waals surface area contributed by atoms with Crippen molar-refractivity contribution in [2.75, 3.05) is 11.1 Å². The van der Waals surface area contributed by atoms with Crippen molar-refractivity contribution < 1.29 is 4.92 Å². The monoisotopic (exact) mass is 275 g/mol. The summed E-state index contributed by atoms with van der Waals surface area (Å²) < 4.78 is 0. The molecule has 0 saturated heterocycles. The standard InChI is InChI=1S/C13H13N3O2S/c1-8-11(5-6-12(19)13(8)14)15-9-3-2-4-10(7-9)16(17)18/h2-7,15,19H,14H2,1H3. The maximum Gasteiger partial charge on any atom is 0.271 e. The van der Waals surface area contributed by atoms with E-state index >= 15 is 0 Å². The lowest BCUT2D eigenvalue weighted by molar-refractivity contribution is -0.384. The summed E-state index contributed by atoms with van der Waals surface area (Å²) in [6.07, 6.45) is 0. The third kappa shape index (κ3) is 2.79. The van der Waals surface area contributed by atoms with Crippen molar-refractivity contribution in [1.29, 1.82) is 0 Å². The van der Waals surface area contributed by atoms with Gasteiger partial charge in [-0.2, -0.15) is 0 Å². The van der Waals surface area contributed by atoms with Crippen molar-refractivity contribution in [1.82, 2.24) is 0 Å². The Morgan fingerprint density at radius 1 is 1.32 bits per heavy atom. The van der Waals surface area contributed by atoms with Gasteiger partial charge in [0.15, 0.2) is 0 Å². The first-order chi connectivity index (χ1) is 8.99. The van der Waals surface area contributed by atoms with Crippen LogP contribution >= 0.6 is 12.6 Å². The third-order valence-corrected chi connectivity index (χ3v) is 3.22. The number of nitro benzene ring substituents is 1. The highest BCUT2D eigenvalue weighted by atomic mass is 32.1. The van der Waals surface area contributed by atoms with Crippen molar-refractivity contribution in [2.45, 2.75) is 11.8 Å². The van der Waals surface area contributed by atoms with Crippen LogP contribution in [0.2, 0.25) is 0 Å². The number of nitrogens with zero attached hydrogens (tertiary/aromatic N) is 1. The first-order valence-corrected chi connectivity index (χ1v) is 6.03. The third-order valence-electron chi connectivity index (χ3n) is 2.83. The Kier molecular flexibility index (Phi) is 3.62. The fourth-order valence-corrected chi connectivity index (χ4v) is 1.94. The fraction of sp³-hybridized carbons (Fsp3) is 0.0769. The number of nitro groups is 1. The molecule has 5 nitrogen and oxygen atoms in total. The second-order valence-corrected chi connectivity index (χ2v) is 4.59. The van der Waals surface area contributed by atoms with Crippen LogP contribution in [0.3, 0.4) is 0 Å². The van der Waals surface area contributed by atoms with Crippen LogP contribution in [-0.4, -0.2) is 4.92 Å². The number of nitrogen functional groups attached to an aromatic ring is 1. The lowest BCUT2D eigenvalue weighted by atomic mass is 10.1. The van der Waals surface area contributed by atoms with Crippen molar-refractivity contribution in [2.24, 2.45) is 0 Å². The van der Waals surface area contributed by atoms with E-state index in [1.54, 1.807) is 18.2 Å². The van der Waals surface area contributed by atoms with Crippen molar-refractivity contribution in [3.63, 3.8) is 0 Å². The van der Waals surface area contributed by atoms with Gasteiger partial charge >= 0.3 is 0 Å². The van der Waals surface area contributed by atoms with Crippen LogP contribution in [0.1, 0.15) is 5.56 Å². The van der Waals surface area contributed by atoms with E-state index in [9.17, 15) is 10.1 Å². The molecular formula is C13H13N3O2S. The number of thiol groups is 1. The number of rotatable bonds is 3. The summed E-state index contributed by atoms with van der Waals surface area (Å²) in [5.41, 5.74) is 8.83. The average Bonchev–Trinajstić information content (AvgIpc) is 2.40. The van der Waals surface area contributed by atoms with Gasteiger partial charge in [0, 0.05) is 34.1 Å². The van der Waals surface area contributed by atoms with Gasteiger partial charge in [-0.05, 0) is 30.7 Å². The summed E-state index contributed by atoms with van der Waals surface area (Å²) >= 11 is 4.24. The summed E-state index contributed by atoms with van der Waals surface area (Å²) in [5.74, 6) is 0. The summed E-state index contributed by atoms with van der Waals surface area (Å²) in [7, 11) is 0. The molecule has 0 spiro atoms. The zero-order valence-electron chi connectivity index (χ0n) is 10.3. The van der Waals surface area contributed by atoms with Gasteiger partial charge in [-0.25, -0.2) is 0 Å². The molecule has 98 valence electrons. The van der Waals surface area contributed by atoms with E-state index in [0.29, 0.717) is 16.3 Å². The van der Waals surface area contributed by atoms with E-state index in [0.717, 1.165) is 11.3 Å². The van der Waals surface area contributed by atoms with E-state index < -0.39 is 4.92 Å². The van der Waals surface area contributed by atoms with E-state index in [1.165, 1.54) is 12.1 Å². The zero-order chi connectivity index (χ0) is 14.0. The van der Waals surface area contributed by atoms with Crippen molar-refractivity contribution >= 4 is 35.4 Å². The molecule has 3 N–H and O–H groups in total. The molecule has 0 unspecified atom stereocenters. The van der Waals surface area contributed by atoms with Gasteiger partial charge in [-0.1, -0.05) is 6.07 Å². The minimum absolute atomic E-state index is 0.0430. The van der Waals surface area contributed by atoms with Crippen molar-refractivity contribution in [3.05, 3.63) is 52.1 Å². The van der Waals surface area contributed by atoms with Gasteiger partial charge in [-0.15, -0.1) is 12.6 Å². The minimum Gasteiger partial charge on any atom is -0.398 e. The highest BCUT2D eigenvalue weighted by Gasteiger charge is 2.08. The molecule has 0 bridgehead atoms. The Labute approximate surface area is 116 Å². The molecule has 6 heteroatoms. The molecule has 2 aromatic rings. The van der Waals surface area contributed by atoms with Gasteiger partial charge in [0.25, 0.3) is 5.69 Å². The van der Waals surface area contributed by atoms with Crippen LogP contribution in [-0.2, 0) is 0 Å². The molecule has 0 atom stereocenters. The smallest absolute Gasteiger partial charge is 0.271 e. The predicted molar refractivity (Wildman–Crippen MR) is 79.2 cm³/mol. The number of hydrogen-bond donors (Lipinski definition) is 3. The van der Waals surface area contributed by atoms with Gasteiger partial charge in [0.2, 0.25) is 0 Å². The Hall–Kier alpha value is -2.21. The second-order valence-electron chi connectivity index (χ2n) is 4.10. The maximum absolute atomic E-state index is 10.7. The Morgan fingerprint density at radius 3 is 2.74 bits per heavy atom. The zero-order valence-corrected chi connectivity index (χ0v) is 11.1. The average molecular weight is 275 g/mol. The number of nitrogens with two attached hydrogens (primary N) is 1. The number of hydrogen-bond acceptors (Lipinski definition) is 5. The molecule has 0 amide bonds. The molecular weight excluding hydrogens is 262 g/mol. The van der Waals surface area contributed by atoms with Crippen LogP contribution < -0.4 is 11.1 Å². The molecule has 0 aliphatic rings. The molecule has 19 heavy (non-hydrogen) atoms. The van der Waals surface area contributed by atoms with Crippen LogP contribution in [0.4, 0.5) is 22.7 Å². The molecule has 0 fully saturated rings. The minimum atomic E-state index is -0.427. The maximum atomic E-state index is 10.7. The molecule has 0 aliphatic heterocycles. The quantitative estimate of drug-likeness (QED) is 0.346. The summed E-state index contributed by atoms with van der Waals surface area (Å²) in [6.45, 7) is 1.87. The number of non-ortho nitro benzene ring substituents is 1. The van der Waals surface area contributed by atoms with Gasteiger partial charge in [0.05, 0.1) is 4.92 Å². The normalized spacial score (nSPS) is 10.2. The van der Waals surface area contributed by atoms with Crippen molar-refractivity contribution in [3.8, 4) is 0 Å². The van der Waals surface area contributed by atoms with E-state index in [2.05, 4.69) is 17.9 Å². The molecule has 0 radical (unpaired) electrons. The Balaban J connectivity index is 2.34. The molecule has 0 saturated carbocycles. The summed E-state index contributed by atoms with van der Waals surface area (Å²) in [5, 5.41) is 13.8. The van der Waals surface area contributed by atoms with Crippen LogP contribution in [0.15, 0.2) is 41.3 Å². The highest BCUT2D eigenvalue weighted by molar-refractivity contribution is 7.80.